The first-order valence-electron chi connectivity index (χ1n) is 10.1. The molecule has 31 heavy (non-hydrogen) atoms. The minimum absolute atomic E-state index is 0.0128. The molecule has 0 aliphatic heterocycles. The molecule has 0 unspecified atom stereocenters. The second-order valence-electron chi connectivity index (χ2n) is 7.62. The van der Waals surface area contributed by atoms with E-state index in [2.05, 4.69) is 20.4 Å². The van der Waals surface area contributed by atoms with Crippen LogP contribution in [-0.2, 0) is 17.8 Å². The summed E-state index contributed by atoms with van der Waals surface area (Å²) >= 11 is 0. The van der Waals surface area contributed by atoms with Gasteiger partial charge in [-0.1, -0.05) is 35.5 Å². The van der Waals surface area contributed by atoms with E-state index >= 15 is 0 Å². The molecule has 0 saturated heterocycles. The van der Waals surface area contributed by atoms with Gasteiger partial charge in [0.05, 0.1) is 24.0 Å². The fourth-order valence-corrected chi connectivity index (χ4v) is 3.44. The SMILES string of the molecule is Cc1nc2cc(-c3noc(CNC(=O)Cc4ccccc4)n3)ccc2n(C(C)C)c1=O. The van der Waals surface area contributed by atoms with Crippen LogP contribution in [0.3, 0.4) is 0 Å². The maximum Gasteiger partial charge on any atom is 0.272 e. The number of benzene rings is 2. The Kier molecular flexibility index (Phi) is 5.62. The number of aryl methyl sites for hydroxylation is 1. The highest BCUT2D eigenvalue weighted by Gasteiger charge is 2.14. The Bertz CT molecular complexity index is 1290. The molecule has 8 nitrogen and oxygen atoms in total. The van der Waals surface area contributed by atoms with E-state index in [1.54, 1.807) is 11.5 Å². The molecule has 0 bridgehead atoms. The Morgan fingerprint density at radius 2 is 1.90 bits per heavy atom. The minimum atomic E-state index is -0.122. The topological polar surface area (TPSA) is 103 Å². The van der Waals surface area contributed by atoms with E-state index in [1.165, 1.54) is 0 Å². The second-order valence-corrected chi connectivity index (χ2v) is 7.62. The maximum absolute atomic E-state index is 12.5. The van der Waals surface area contributed by atoms with Gasteiger partial charge in [-0.3, -0.25) is 9.59 Å². The van der Waals surface area contributed by atoms with Gasteiger partial charge >= 0.3 is 0 Å². The summed E-state index contributed by atoms with van der Waals surface area (Å²) in [5.74, 6) is 0.590. The molecular formula is C23H23N5O3. The number of fused-ring (bicyclic) bond motifs is 1. The minimum Gasteiger partial charge on any atom is -0.347 e. The molecule has 0 atom stereocenters. The molecule has 0 aliphatic rings. The van der Waals surface area contributed by atoms with Crippen LogP contribution in [-0.4, -0.2) is 25.6 Å². The summed E-state index contributed by atoms with van der Waals surface area (Å²) in [6, 6.07) is 15.0. The summed E-state index contributed by atoms with van der Waals surface area (Å²) in [7, 11) is 0. The summed E-state index contributed by atoms with van der Waals surface area (Å²) in [4.78, 5) is 33.4. The van der Waals surface area contributed by atoms with Crippen molar-refractivity contribution in [3.05, 3.63) is 76.0 Å². The summed E-state index contributed by atoms with van der Waals surface area (Å²) in [5, 5.41) is 6.81. The standard InChI is InChI=1S/C23H23N5O3/c1-14(2)28-19-10-9-17(12-18(19)25-15(3)23(28)30)22-26-21(31-27-22)13-24-20(29)11-16-7-5-4-6-8-16/h4-10,12,14H,11,13H2,1-3H3,(H,24,29). The average Bonchev–Trinajstić information content (AvgIpc) is 3.22. The molecule has 2 aromatic heterocycles. The van der Waals surface area contributed by atoms with Gasteiger partial charge in [0.15, 0.2) is 0 Å². The van der Waals surface area contributed by atoms with Crippen LogP contribution in [0.2, 0.25) is 0 Å². The van der Waals surface area contributed by atoms with E-state index < -0.39 is 0 Å². The molecule has 0 aliphatic carbocycles. The molecular weight excluding hydrogens is 394 g/mol. The molecule has 0 radical (unpaired) electrons. The molecule has 0 fully saturated rings. The molecule has 158 valence electrons. The Labute approximate surface area is 178 Å². The summed E-state index contributed by atoms with van der Waals surface area (Å²) in [6.45, 7) is 5.78. The molecule has 4 rings (SSSR count). The number of rotatable bonds is 6. The Morgan fingerprint density at radius 1 is 1.13 bits per heavy atom. The van der Waals surface area contributed by atoms with Crippen molar-refractivity contribution in [1.29, 1.82) is 0 Å². The molecule has 0 spiro atoms. The second kappa shape index (κ2) is 8.51. The van der Waals surface area contributed by atoms with Gasteiger partial charge < -0.3 is 14.4 Å². The van der Waals surface area contributed by atoms with Crippen molar-refractivity contribution in [2.45, 2.75) is 39.8 Å². The number of carbonyl (C=O) groups is 1. The molecule has 2 aromatic carbocycles. The number of nitrogens with zero attached hydrogens (tertiary/aromatic N) is 4. The van der Waals surface area contributed by atoms with Gasteiger partial charge in [0.1, 0.15) is 5.69 Å². The molecule has 8 heteroatoms. The van der Waals surface area contributed by atoms with Crippen molar-refractivity contribution in [1.82, 2.24) is 25.0 Å². The zero-order chi connectivity index (χ0) is 22.0. The third kappa shape index (κ3) is 4.37. The third-order valence-corrected chi connectivity index (χ3v) is 4.94. The van der Waals surface area contributed by atoms with Crippen molar-refractivity contribution < 1.29 is 9.32 Å². The Balaban J connectivity index is 1.51. The van der Waals surface area contributed by atoms with Crippen molar-refractivity contribution in [3.63, 3.8) is 0 Å². The lowest BCUT2D eigenvalue weighted by molar-refractivity contribution is -0.120. The van der Waals surface area contributed by atoms with Crippen molar-refractivity contribution in [2.24, 2.45) is 0 Å². The lowest BCUT2D eigenvalue weighted by atomic mass is 10.1. The number of hydrogen-bond donors (Lipinski definition) is 1. The Hall–Kier alpha value is -3.81. The van der Waals surface area contributed by atoms with E-state index in [4.69, 9.17) is 4.52 Å². The van der Waals surface area contributed by atoms with E-state index in [-0.39, 0.29) is 30.5 Å². The molecule has 2 heterocycles. The zero-order valence-electron chi connectivity index (χ0n) is 17.6. The van der Waals surface area contributed by atoms with Gasteiger partial charge in [0, 0.05) is 11.6 Å². The molecule has 4 aromatic rings. The molecule has 1 N–H and O–H groups in total. The van der Waals surface area contributed by atoms with Crippen molar-refractivity contribution in [3.8, 4) is 11.4 Å². The van der Waals surface area contributed by atoms with E-state index in [0.717, 1.165) is 16.6 Å². The third-order valence-electron chi connectivity index (χ3n) is 4.94. The molecule has 0 saturated carbocycles. The normalized spacial score (nSPS) is 11.2. The van der Waals surface area contributed by atoms with Gasteiger partial charge in [-0.25, -0.2) is 4.98 Å². The van der Waals surface area contributed by atoms with Crippen LogP contribution >= 0.6 is 0 Å². The van der Waals surface area contributed by atoms with Gasteiger partial charge in [-0.15, -0.1) is 0 Å². The predicted molar refractivity (Wildman–Crippen MR) is 116 cm³/mol. The van der Waals surface area contributed by atoms with Crippen LogP contribution in [0.4, 0.5) is 0 Å². The number of nitrogens with one attached hydrogen (secondary N) is 1. The first-order valence-corrected chi connectivity index (χ1v) is 10.1. The fraction of sp³-hybridized carbons (Fsp3) is 0.261. The maximum atomic E-state index is 12.5. The van der Waals surface area contributed by atoms with E-state index in [1.807, 2.05) is 62.4 Å². The highest BCUT2D eigenvalue weighted by Crippen LogP contribution is 2.22. The van der Waals surface area contributed by atoms with Gasteiger partial charge in [0.2, 0.25) is 17.6 Å². The van der Waals surface area contributed by atoms with Crippen LogP contribution < -0.4 is 10.9 Å². The largest absolute Gasteiger partial charge is 0.347 e. The van der Waals surface area contributed by atoms with Gasteiger partial charge in [-0.05, 0) is 44.5 Å². The Morgan fingerprint density at radius 3 is 2.65 bits per heavy atom. The monoisotopic (exact) mass is 417 g/mol. The number of hydrogen-bond acceptors (Lipinski definition) is 6. The summed E-state index contributed by atoms with van der Waals surface area (Å²) in [6.07, 6.45) is 0.287. The van der Waals surface area contributed by atoms with E-state index in [0.29, 0.717) is 22.9 Å². The van der Waals surface area contributed by atoms with Gasteiger partial charge in [0.25, 0.3) is 5.56 Å². The predicted octanol–water partition coefficient (Wildman–Crippen LogP) is 3.19. The van der Waals surface area contributed by atoms with Gasteiger partial charge in [-0.2, -0.15) is 4.98 Å². The van der Waals surface area contributed by atoms with Crippen LogP contribution in [0.15, 0.2) is 57.8 Å². The fourth-order valence-electron chi connectivity index (χ4n) is 3.44. The van der Waals surface area contributed by atoms with Crippen LogP contribution in [0.5, 0.6) is 0 Å². The smallest absolute Gasteiger partial charge is 0.272 e. The van der Waals surface area contributed by atoms with Crippen molar-refractivity contribution in [2.75, 3.05) is 0 Å². The average molecular weight is 417 g/mol. The highest BCUT2D eigenvalue weighted by atomic mass is 16.5. The van der Waals surface area contributed by atoms with Crippen molar-refractivity contribution >= 4 is 16.9 Å². The first kappa shape index (κ1) is 20.5. The first-order chi connectivity index (χ1) is 14.9. The van der Waals surface area contributed by atoms with E-state index in [9.17, 15) is 9.59 Å². The number of aromatic nitrogens is 4. The van der Waals surface area contributed by atoms with Crippen LogP contribution in [0, 0.1) is 6.92 Å². The van der Waals surface area contributed by atoms with Crippen LogP contribution in [0.1, 0.15) is 37.0 Å². The van der Waals surface area contributed by atoms with Crippen LogP contribution in [0.25, 0.3) is 22.4 Å². The molecule has 1 amide bonds. The lowest BCUT2D eigenvalue weighted by Crippen LogP contribution is -2.25. The summed E-state index contributed by atoms with van der Waals surface area (Å²) in [5.41, 5.74) is 3.44. The quantitative estimate of drug-likeness (QED) is 0.517. The zero-order valence-corrected chi connectivity index (χ0v) is 17.6. The lowest BCUT2D eigenvalue weighted by Gasteiger charge is -2.14. The number of amides is 1. The number of carbonyl (C=O) groups excluding carboxylic acids is 1. The summed E-state index contributed by atoms with van der Waals surface area (Å²) < 4.78 is 7.01. The highest BCUT2D eigenvalue weighted by molar-refractivity contribution is 5.80.